The summed E-state index contributed by atoms with van der Waals surface area (Å²) in [6, 6.07) is 4.21. The van der Waals surface area contributed by atoms with Crippen LogP contribution in [0.4, 0.5) is 0 Å². The number of furan rings is 1. The number of rotatable bonds is 3. The fourth-order valence-electron chi connectivity index (χ4n) is 3.55. The van der Waals surface area contributed by atoms with Crippen LogP contribution in [0.5, 0.6) is 0 Å². The highest BCUT2D eigenvalue weighted by Crippen LogP contribution is 2.30. The van der Waals surface area contributed by atoms with E-state index in [1.807, 2.05) is 13.8 Å². The lowest BCUT2D eigenvalue weighted by atomic mass is 9.99. The quantitative estimate of drug-likeness (QED) is 0.931. The number of hydrogen-bond acceptors (Lipinski definition) is 3. The molecule has 118 valence electrons. The Morgan fingerprint density at radius 3 is 2.86 bits per heavy atom. The molecular formula is C18H23NO3. The maximum absolute atomic E-state index is 11.2. The van der Waals surface area contributed by atoms with Gasteiger partial charge in [0.2, 0.25) is 5.76 Å². The summed E-state index contributed by atoms with van der Waals surface area (Å²) in [4.78, 5) is 13.7. The predicted octanol–water partition coefficient (Wildman–Crippen LogP) is 3.98. The highest BCUT2D eigenvalue weighted by molar-refractivity contribution is 5.96. The summed E-state index contributed by atoms with van der Waals surface area (Å²) in [6.45, 7) is 9.32. The molecule has 1 aromatic heterocycles. The van der Waals surface area contributed by atoms with E-state index in [4.69, 9.17) is 4.42 Å². The van der Waals surface area contributed by atoms with Crippen LogP contribution in [0.1, 0.15) is 47.0 Å². The molecule has 4 nitrogen and oxygen atoms in total. The van der Waals surface area contributed by atoms with Gasteiger partial charge in [-0.3, -0.25) is 4.90 Å². The number of nitrogens with zero attached hydrogens (tertiary/aromatic N) is 1. The Balaban J connectivity index is 1.94. The summed E-state index contributed by atoms with van der Waals surface area (Å²) in [5.41, 5.74) is 3.67. The SMILES string of the molecule is Cc1c(C(=O)O)oc2c(C)cc(CN3CCCC(C)C3)cc12. The molecule has 1 atom stereocenters. The van der Waals surface area contributed by atoms with Gasteiger partial charge in [0.15, 0.2) is 0 Å². The zero-order valence-corrected chi connectivity index (χ0v) is 13.5. The van der Waals surface area contributed by atoms with Crippen molar-refractivity contribution in [3.63, 3.8) is 0 Å². The number of fused-ring (bicyclic) bond motifs is 1. The van der Waals surface area contributed by atoms with E-state index in [0.29, 0.717) is 5.58 Å². The molecule has 0 radical (unpaired) electrons. The zero-order chi connectivity index (χ0) is 15.9. The van der Waals surface area contributed by atoms with E-state index in [0.717, 1.165) is 42.1 Å². The third-order valence-corrected chi connectivity index (χ3v) is 4.62. The lowest BCUT2D eigenvalue weighted by Gasteiger charge is -2.30. The van der Waals surface area contributed by atoms with Crippen molar-refractivity contribution in [3.8, 4) is 0 Å². The van der Waals surface area contributed by atoms with Gasteiger partial charge < -0.3 is 9.52 Å². The third-order valence-electron chi connectivity index (χ3n) is 4.62. The maximum Gasteiger partial charge on any atom is 0.372 e. The molecule has 1 fully saturated rings. The molecule has 2 aromatic rings. The van der Waals surface area contributed by atoms with Gasteiger partial charge in [0.25, 0.3) is 0 Å². The molecule has 22 heavy (non-hydrogen) atoms. The molecule has 2 heterocycles. The van der Waals surface area contributed by atoms with Crippen molar-refractivity contribution in [2.75, 3.05) is 13.1 Å². The smallest absolute Gasteiger partial charge is 0.372 e. The molecule has 0 spiro atoms. The summed E-state index contributed by atoms with van der Waals surface area (Å²) in [5.74, 6) is -0.186. The highest BCUT2D eigenvalue weighted by atomic mass is 16.4. The van der Waals surface area contributed by atoms with E-state index in [-0.39, 0.29) is 5.76 Å². The molecule has 1 aromatic carbocycles. The Bertz CT molecular complexity index is 717. The summed E-state index contributed by atoms with van der Waals surface area (Å²) in [5, 5.41) is 10.1. The first-order valence-electron chi connectivity index (χ1n) is 7.94. The molecule has 0 saturated carbocycles. The number of aromatic carboxylic acids is 1. The van der Waals surface area contributed by atoms with Crippen LogP contribution in [0.15, 0.2) is 16.5 Å². The zero-order valence-electron chi connectivity index (χ0n) is 13.5. The van der Waals surface area contributed by atoms with Crippen LogP contribution < -0.4 is 0 Å². The number of aryl methyl sites for hydroxylation is 2. The van der Waals surface area contributed by atoms with Gasteiger partial charge in [-0.05, 0) is 56.3 Å². The number of benzene rings is 1. The van der Waals surface area contributed by atoms with Crippen LogP contribution in [0.2, 0.25) is 0 Å². The fourth-order valence-corrected chi connectivity index (χ4v) is 3.55. The molecule has 0 aliphatic carbocycles. The van der Waals surface area contributed by atoms with E-state index in [1.165, 1.54) is 18.4 Å². The van der Waals surface area contributed by atoms with Crippen molar-refractivity contribution in [3.05, 3.63) is 34.6 Å². The number of likely N-dealkylation sites (tertiary alicyclic amines) is 1. The topological polar surface area (TPSA) is 53.7 Å². The van der Waals surface area contributed by atoms with Crippen LogP contribution in [0, 0.1) is 19.8 Å². The van der Waals surface area contributed by atoms with Crippen LogP contribution in [0.25, 0.3) is 11.0 Å². The van der Waals surface area contributed by atoms with Gasteiger partial charge in [0, 0.05) is 24.0 Å². The first kappa shape index (κ1) is 15.1. The second-order valence-corrected chi connectivity index (χ2v) is 6.63. The Morgan fingerprint density at radius 2 is 2.18 bits per heavy atom. The highest BCUT2D eigenvalue weighted by Gasteiger charge is 2.20. The minimum Gasteiger partial charge on any atom is -0.475 e. The number of carbonyl (C=O) groups is 1. The van der Waals surface area contributed by atoms with Crippen molar-refractivity contribution >= 4 is 16.9 Å². The molecule has 1 unspecified atom stereocenters. The first-order chi connectivity index (χ1) is 10.5. The molecule has 1 N–H and O–H groups in total. The Labute approximate surface area is 130 Å². The van der Waals surface area contributed by atoms with Gasteiger partial charge in [-0.25, -0.2) is 4.79 Å². The van der Waals surface area contributed by atoms with Crippen molar-refractivity contribution < 1.29 is 14.3 Å². The van der Waals surface area contributed by atoms with E-state index >= 15 is 0 Å². The molecule has 1 aliphatic rings. The molecule has 0 bridgehead atoms. The lowest BCUT2D eigenvalue weighted by Crippen LogP contribution is -2.33. The molecular weight excluding hydrogens is 278 g/mol. The molecule has 1 saturated heterocycles. The summed E-state index contributed by atoms with van der Waals surface area (Å²) in [7, 11) is 0. The Hall–Kier alpha value is -1.81. The number of carboxylic acid groups (broad SMARTS) is 1. The monoisotopic (exact) mass is 301 g/mol. The van der Waals surface area contributed by atoms with Gasteiger partial charge in [0.05, 0.1) is 0 Å². The Morgan fingerprint density at radius 1 is 1.41 bits per heavy atom. The van der Waals surface area contributed by atoms with Crippen LogP contribution in [-0.4, -0.2) is 29.1 Å². The molecule has 4 heteroatoms. The summed E-state index contributed by atoms with van der Waals surface area (Å²) >= 11 is 0. The van der Waals surface area contributed by atoms with Crippen LogP contribution >= 0.6 is 0 Å². The fraction of sp³-hybridized carbons (Fsp3) is 0.500. The standard InChI is InChI=1S/C18H23NO3/c1-11-5-4-6-19(9-11)10-14-7-12(2)16-15(8-14)13(3)17(22-16)18(20)21/h7-8,11H,4-6,9-10H2,1-3H3,(H,20,21). The van der Waals surface area contributed by atoms with Gasteiger partial charge in [-0.2, -0.15) is 0 Å². The normalized spacial score (nSPS) is 19.7. The van der Waals surface area contributed by atoms with E-state index in [2.05, 4.69) is 24.0 Å². The van der Waals surface area contributed by atoms with Crippen molar-refractivity contribution in [2.45, 2.75) is 40.2 Å². The number of piperidine rings is 1. The molecule has 1 aliphatic heterocycles. The number of carboxylic acids is 1. The number of hydrogen-bond donors (Lipinski definition) is 1. The van der Waals surface area contributed by atoms with Crippen molar-refractivity contribution in [1.82, 2.24) is 4.90 Å². The van der Waals surface area contributed by atoms with Crippen molar-refractivity contribution in [1.29, 1.82) is 0 Å². The van der Waals surface area contributed by atoms with Crippen LogP contribution in [-0.2, 0) is 6.54 Å². The van der Waals surface area contributed by atoms with Crippen LogP contribution in [0.3, 0.4) is 0 Å². The minimum atomic E-state index is -1.00. The molecule has 3 rings (SSSR count). The summed E-state index contributed by atoms with van der Waals surface area (Å²) < 4.78 is 5.54. The third kappa shape index (κ3) is 2.75. The van der Waals surface area contributed by atoms with Gasteiger partial charge in [-0.15, -0.1) is 0 Å². The van der Waals surface area contributed by atoms with Gasteiger partial charge >= 0.3 is 5.97 Å². The predicted molar refractivity (Wildman–Crippen MR) is 86.3 cm³/mol. The second kappa shape index (κ2) is 5.76. The van der Waals surface area contributed by atoms with Gasteiger partial charge in [-0.1, -0.05) is 13.0 Å². The van der Waals surface area contributed by atoms with E-state index < -0.39 is 5.97 Å². The first-order valence-corrected chi connectivity index (χ1v) is 7.94. The van der Waals surface area contributed by atoms with E-state index in [9.17, 15) is 9.90 Å². The van der Waals surface area contributed by atoms with Gasteiger partial charge in [0.1, 0.15) is 5.58 Å². The largest absolute Gasteiger partial charge is 0.475 e. The van der Waals surface area contributed by atoms with Crippen molar-refractivity contribution in [2.24, 2.45) is 5.92 Å². The maximum atomic E-state index is 11.2. The average molecular weight is 301 g/mol. The average Bonchev–Trinajstić information content (AvgIpc) is 2.77. The Kier molecular flexibility index (Phi) is 3.96. The minimum absolute atomic E-state index is 0.0573. The second-order valence-electron chi connectivity index (χ2n) is 6.63. The molecule has 0 amide bonds. The summed E-state index contributed by atoms with van der Waals surface area (Å²) in [6.07, 6.45) is 2.58. The lowest BCUT2D eigenvalue weighted by molar-refractivity contribution is 0.0664. The van der Waals surface area contributed by atoms with E-state index in [1.54, 1.807) is 0 Å².